The molecule has 0 unspecified atom stereocenters. The number of nitrogens with one attached hydrogen (secondary N) is 2. The molecule has 0 bridgehead atoms. The monoisotopic (exact) mass is 532 g/mol. The highest BCUT2D eigenvalue weighted by molar-refractivity contribution is 5.97. The molecule has 9 nitrogen and oxygen atoms in total. The standard InChI is InChI=1S/C30H36N4O5/c1-37-16-12-34(13-17-38-2)30(36)25-18-24(19-27(20-25)32-26-6-4-3-5-7-26)23-8-11-31-28(21-23)33-29(35)22-9-14-39-15-10-22/h3-8,11,18-22,32H,9-10,12-17H2,1-2H3,(H,31,33,35). The molecule has 0 saturated carbocycles. The summed E-state index contributed by atoms with van der Waals surface area (Å²) >= 11 is 0. The summed E-state index contributed by atoms with van der Waals surface area (Å²) in [6.07, 6.45) is 3.07. The van der Waals surface area contributed by atoms with Crippen molar-refractivity contribution in [2.24, 2.45) is 5.92 Å². The maximum Gasteiger partial charge on any atom is 0.254 e. The quantitative estimate of drug-likeness (QED) is 0.352. The van der Waals surface area contributed by atoms with Crippen LogP contribution in [0.4, 0.5) is 17.2 Å². The minimum Gasteiger partial charge on any atom is -0.383 e. The Morgan fingerprint density at radius 2 is 1.64 bits per heavy atom. The average molecular weight is 533 g/mol. The van der Waals surface area contributed by atoms with Gasteiger partial charge >= 0.3 is 0 Å². The average Bonchev–Trinajstić information content (AvgIpc) is 2.98. The Kier molecular flexibility index (Phi) is 10.4. The number of anilines is 3. The van der Waals surface area contributed by atoms with Crippen LogP contribution in [0.15, 0.2) is 66.9 Å². The zero-order valence-electron chi connectivity index (χ0n) is 22.5. The van der Waals surface area contributed by atoms with E-state index < -0.39 is 0 Å². The van der Waals surface area contributed by atoms with Gasteiger partial charge in [-0.15, -0.1) is 0 Å². The van der Waals surface area contributed by atoms with Crippen LogP contribution >= 0.6 is 0 Å². The molecule has 9 heteroatoms. The van der Waals surface area contributed by atoms with Gasteiger partial charge < -0.3 is 29.7 Å². The Morgan fingerprint density at radius 1 is 0.923 bits per heavy atom. The van der Waals surface area contributed by atoms with Crippen LogP contribution < -0.4 is 10.6 Å². The SMILES string of the molecule is COCCN(CCOC)C(=O)c1cc(Nc2ccccc2)cc(-c2ccnc(NC(=O)C3CCOCC3)c2)c1. The molecular formula is C30H36N4O5. The maximum atomic E-state index is 13.6. The number of para-hydroxylation sites is 1. The van der Waals surface area contributed by atoms with Crippen molar-refractivity contribution in [1.29, 1.82) is 0 Å². The molecule has 2 heterocycles. The van der Waals surface area contributed by atoms with E-state index in [4.69, 9.17) is 14.2 Å². The van der Waals surface area contributed by atoms with E-state index in [1.54, 1.807) is 25.3 Å². The number of amides is 2. The van der Waals surface area contributed by atoms with Crippen LogP contribution in [0.1, 0.15) is 23.2 Å². The molecule has 3 aromatic rings. The highest BCUT2D eigenvalue weighted by Crippen LogP contribution is 2.29. The van der Waals surface area contributed by atoms with Crippen LogP contribution in [0.5, 0.6) is 0 Å². The molecule has 1 saturated heterocycles. The Hall–Kier alpha value is -3.79. The normalized spacial score (nSPS) is 13.6. The van der Waals surface area contributed by atoms with Crippen LogP contribution in [-0.2, 0) is 19.0 Å². The predicted molar refractivity (Wildman–Crippen MR) is 151 cm³/mol. The van der Waals surface area contributed by atoms with Crippen molar-refractivity contribution in [2.75, 3.05) is 64.4 Å². The van der Waals surface area contributed by atoms with Gasteiger partial charge in [0.2, 0.25) is 5.91 Å². The Morgan fingerprint density at radius 3 is 2.33 bits per heavy atom. The van der Waals surface area contributed by atoms with Crippen molar-refractivity contribution in [2.45, 2.75) is 12.8 Å². The molecule has 0 radical (unpaired) electrons. The lowest BCUT2D eigenvalue weighted by molar-refractivity contribution is -0.122. The molecule has 1 aromatic heterocycles. The summed E-state index contributed by atoms with van der Waals surface area (Å²) in [6, 6.07) is 19.2. The van der Waals surface area contributed by atoms with Crippen molar-refractivity contribution < 1.29 is 23.8 Å². The van der Waals surface area contributed by atoms with E-state index >= 15 is 0 Å². The zero-order chi connectivity index (χ0) is 27.5. The molecule has 2 N–H and O–H groups in total. The number of carbonyl (C=O) groups is 2. The van der Waals surface area contributed by atoms with Gasteiger partial charge in [0.1, 0.15) is 5.82 Å². The lowest BCUT2D eigenvalue weighted by atomic mass is 9.99. The second kappa shape index (κ2) is 14.4. The van der Waals surface area contributed by atoms with Gasteiger partial charge in [0, 0.05) is 69.6 Å². The van der Waals surface area contributed by atoms with Crippen molar-refractivity contribution in [3.63, 3.8) is 0 Å². The van der Waals surface area contributed by atoms with Crippen LogP contribution in [0.2, 0.25) is 0 Å². The first-order valence-corrected chi connectivity index (χ1v) is 13.2. The summed E-state index contributed by atoms with van der Waals surface area (Å²) in [5.74, 6) is 0.214. The highest BCUT2D eigenvalue weighted by atomic mass is 16.5. The number of aromatic nitrogens is 1. The van der Waals surface area contributed by atoms with E-state index in [9.17, 15) is 9.59 Å². The molecular weight excluding hydrogens is 496 g/mol. The number of carbonyl (C=O) groups excluding carboxylic acids is 2. The van der Waals surface area contributed by atoms with Crippen LogP contribution in [-0.4, -0.2) is 75.4 Å². The third-order valence-corrected chi connectivity index (χ3v) is 6.60. The van der Waals surface area contributed by atoms with E-state index in [1.165, 1.54) is 0 Å². The number of pyridine rings is 1. The first-order chi connectivity index (χ1) is 19.1. The van der Waals surface area contributed by atoms with E-state index in [0.717, 1.165) is 22.5 Å². The Bertz CT molecular complexity index is 1220. The van der Waals surface area contributed by atoms with Gasteiger partial charge in [-0.25, -0.2) is 4.98 Å². The highest BCUT2D eigenvalue weighted by Gasteiger charge is 2.22. The molecule has 1 fully saturated rings. The zero-order valence-corrected chi connectivity index (χ0v) is 22.5. The van der Waals surface area contributed by atoms with Gasteiger partial charge in [-0.1, -0.05) is 18.2 Å². The van der Waals surface area contributed by atoms with Gasteiger partial charge in [0.25, 0.3) is 5.91 Å². The number of hydrogen-bond acceptors (Lipinski definition) is 7. The molecule has 0 aliphatic carbocycles. The van der Waals surface area contributed by atoms with Gasteiger partial charge in [0.05, 0.1) is 13.2 Å². The fourth-order valence-corrected chi connectivity index (χ4v) is 4.45. The third kappa shape index (κ3) is 8.10. The molecule has 4 rings (SSSR count). The van der Waals surface area contributed by atoms with E-state index in [2.05, 4.69) is 15.6 Å². The number of methoxy groups -OCH3 is 2. The van der Waals surface area contributed by atoms with E-state index in [1.807, 2.05) is 60.7 Å². The molecule has 0 spiro atoms. The van der Waals surface area contributed by atoms with Gasteiger partial charge in [-0.3, -0.25) is 9.59 Å². The van der Waals surface area contributed by atoms with Crippen molar-refractivity contribution in [1.82, 2.24) is 9.88 Å². The summed E-state index contributed by atoms with van der Waals surface area (Å²) in [7, 11) is 3.23. The van der Waals surface area contributed by atoms with Gasteiger partial charge in [-0.2, -0.15) is 0 Å². The lowest BCUT2D eigenvalue weighted by Gasteiger charge is -2.23. The molecule has 2 amide bonds. The summed E-state index contributed by atoms with van der Waals surface area (Å²) in [6.45, 7) is 2.92. The van der Waals surface area contributed by atoms with E-state index in [0.29, 0.717) is 63.7 Å². The second-order valence-electron chi connectivity index (χ2n) is 9.37. The van der Waals surface area contributed by atoms with Crippen molar-refractivity contribution >= 4 is 29.0 Å². The van der Waals surface area contributed by atoms with Crippen LogP contribution in [0, 0.1) is 5.92 Å². The van der Waals surface area contributed by atoms with E-state index in [-0.39, 0.29) is 17.7 Å². The number of rotatable bonds is 12. The Balaban J connectivity index is 1.64. The van der Waals surface area contributed by atoms with Crippen molar-refractivity contribution in [3.05, 3.63) is 72.4 Å². The van der Waals surface area contributed by atoms with Crippen LogP contribution in [0.3, 0.4) is 0 Å². The van der Waals surface area contributed by atoms with Crippen molar-refractivity contribution in [3.8, 4) is 11.1 Å². The Labute approximate surface area is 229 Å². The van der Waals surface area contributed by atoms with Crippen LogP contribution in [0.25, 0.3) is 11.1 Å². The molecule has 2 aromatic carbocycles. The predicted octanol–water partition coefficient (Wildman–Crippen LogP) is 4.59. The number of benzene rings is 2. The largest absolute Gasteiger partial charge is 0.383 e. The minimum atomic E-state index is -0.121. The summed E-state index contributed by atoms with van der Waals surface area (Å²) in [5, 5.41) is 6.36. The topological polar surface area (TPSA) is 102 Å². The fraction of sp³-hybridized carbons (Fsp3) is 0.367. The summed E-state index contributed by atoms with van der Waals surface area (Å²) in [4.78, 5) is 32.5. The smallest absolute Gasteiger partial charge is 0.254 e. The number of hydrogen-bond donors (Lipinski definition) is 2. The molecule has 206 valence electrons. The molecule has 1 aliphatic heterocycles. The third-order valence-electron chi connectivity index (χ3n) is 6.60. The molecule has 1 aliphatic rings. The summed E-state index contributed by atoms with van der Waals surface area (Å²) in [5.41, 5.74) is 3.86. The summed E-state index contributed by atoms with van der Waals surface area (Å²) < 4.78 is 15.8. The minimum absolute atomic E-state index is 0.0507. The second-order valence-corrected chi connectivity index (χ2v) is 9.37. The molecule has 0 atom stereocenters. The maximum absolute atomic E-state index is 13.6. The van der Waals surface area contributed by atoms with Gasteiger partial charge in [-0.05, 0) is 66.4 Å². The number of nitrogens with zero attached hydrogens (tertiary/aromatic N) is 2. The number of ether oxygens (including phenoxy) is 3. The lowest BCUT2D eigenvalue weighted by Crippen LogP contribution is -2.36. The first kappa shape index (κ1) is 28.2. The van der Waals surface area contributed by atoms with Gasteiger partial charge in [0.15, 0.2) is 0 Å². The fourth-order valence-electron chi connectivity index (χ4n) is 4.45. The first-order valence-electron chi connectivity index (χ1n) is 13.2. The molecule has 39 heavy (non-hydrogen) atoms.